The van der Waals surface area contributed by atoms with Crippen molar-refractivity contribution in [2.45, 2.75) is 70.4 Å². The SMILES string of the molecule is CCOC(=O)CCCOc1ccc(C(=O)Nc2nc3nc(-c4cnc(C5CC5)c(C(F)(F)F)c4)cc(N(C)CC4(COC)CCCC4)c3[nH]2)nc1. The number of hydrogen-bond acceptors (Lipinski definition) is 10. The molecule has 0 radical (unpaired) electrons. The van der Waals surface area contributed by atoms with Crippen molar-refractivity contribution < 1.29 is 37.0 Å². The Labute approximate surface area is 293 Å². The van der Waals surface area contributed by atoms with Crippen molar-refractivity contribution in [3.63, 3.8) is 0 Å². The van der Waals surface area contributed by atoms with Gasteiger partial charge in [0.2, 0.25) is 5.95 Å². The Morgan fingerprint density at radius 2 is 1.88 bits per heavy atom. The van der Waals surface area contributed by atoms with Crippen molar-refractivity contribution >= 4 is 34.7 Å². The van der Waals surface area contributed by atoms with Gasteiger partial charge in [-0.3, -0.25) is 19.9 Å². The quantitative estimate of drug-likeness (QED) is 0.0985. The Kier molecular flexibility index (Phi) is 10.7. The number of aromatic amines is 1. The highest BCUT2D eigenvalue weighted by molar-refractivity contribution is 6.03. The number of imidazole rings is 1. The van der Waals surface area contributed by atoms with Crippen molar-refractivity contribution in [1.82, 2.24) is 24.9 Å². The third kappa shape index (κ3) is 8.58. The van der Waals surface area contributed by atoms with Gasteiger partial charge in [0.25, 0.3) is 5.91 Å². The second kappa shape index (κ2) is 15.2. The van der Waals surface area contributed by atoms with Crippen LogP contribution in [0.25, 0.3) is 22.4 Å². The number of nitrogens with one attached hydrogen (secondary N) is 2. The third-order valence-corrected chi connectivity index (χ3v) is 9.32. The summed E-state index contributed by atoms with van der Waals surface area (Å²) in [6, 6.07) is 5.96. The minimum Gasteiger partial charge on any atom is -0.492 e. The molecule has 2 aliphatic carbocycles. The Balaban J connectivity index is 1.26. The third-order valence-electron chi connectivity index (χ3n) is 9.32. The Hall–Kier alpha value is -4.79. The van der Waals surface area contributed by atoms with E-state index in [0.29, 0.717) is 56.0 Å². The maximum absolute atomic E-state index is 14.2. The lowest BCUT2D eigenvalue weighted by Gasteiger charge is -2.34. The number of alkyl halides is 3. The Morgan fingerprint density at radius 1 is 1.10 bits per heavy atom. The van der Waals surface area contributed by atoms with Gasteiger partial charge < -0.3 is 24.1 Å². The topological polar surface area (TPSA) is 144 Å². The average molecular weight is 710 g/mol. The fourth-order valence-electron chi connectivity index (χ4n) is 6.78. The number of pyridine rings is 3. The first-order valence-electron chi connectivity index (χ1n) is 17.2. The van der Waals surface area contributed by atoms with Crippen molar-refractivity contribution in [3.8, 4) is 17.0 Å². The Bertz CT molecular complexity index is 1850. The highest BCUT2D eigenvalue weighted by atomic mass is 19.4. The lowest BCUT2D eigenvalue weighted by atomic mass is 9.86. The van der Waals surface area contributed by atoms with E-state index in [0.717, 1.165) is 31.7 Å². The van der Waals surface area contributed by atoms with E-state index in [9.17, 15) is 22.8 Å². The first-order valence-corrected chi connectivity index (χ1v) is 17.2. The van der Waals surface area contributed by atoms with Gasteiger partial charge in [0, 0.05) is 50.2 Å². The number of anilines is 2. The second-order valence-corrected chi connectivity index (χ2v) is 13.3. The number of nitrogens with zero attached hydrogens (tertiary/aromatic N) is 5. The van der Waals surface area contributed by atoms with Gasteiger partial charge >= 0.3 is 12.1 Å². The number of hydrogen-bond donors (Lipinski definition) is 2. The summed E-state index contributed by atoms with van der Waals surface area (Å²) in [5.74, 6) is -0.486. The highest BCUT2D eigenvalue weighted by Gasteiger charge is 2.40. The number of carbonyl (C=O) groups excluding carboxylic acids is 2. The predicted octanol–water partition coefficient (Wildman–Crippen LogP) is 6.93. The number of fused-ring (bicyclic) bond motifs is 1. The number of rotatable bonds is 15. The normalized spacial score (nSPS) is 15.6. The molecule has 0 atom stereocenters. The van der Waals surface area contributed by atoms with E-state index < -0.39 is 17.6 Å². The molecule has 272 valence electrons. The lowest BCUT2D eigenvalue weighted by Crippen LogP contribution is -2.37. The minimum absolute atomic E-state index is 0.0689. The van der Waals surface area contributed by atoms with Gasteiger partial charge in [-0.05, 0) is 63.3 Å². The molecule has 4 heterocycles. The van der Waals surface area contributed by atoms with Gasteiger partial charge in [-0.2, -0.15) is 18.2 Å². The van der Waals surface area contributed by atoms with Crippen LogP contribution in [0.3, 0.4) is 0 Å². The van der Waals surface area contributed by atoms with Crippen molar-refractivity contribution in [1.29, 1.82) is 0 Å². The number of esters is 1. The summed E-state index contributed by atoms with van der Waals surface area (Å²) in [7, 11) is 3.61. The van der Waals surface area contributed by atoms with Gasteiger partial charge in [-0.25, -0.2) is 9.97 Å². The molecule has 51 heavy (non-hydrogen) atoms. The van der Waals surface area contributed by atoms with E-state index in [4.69, 9.17) is 14.2 Å². The van der Waals surface area contributed by atoms with Crippen LogP contribution < -0.4 is 15.0 Å². The molecule has 0 unspecified atom stereocenters. The molecular formula is C36H42F3N7O5. The monoisotopic (exact) mass is 709 g/mol. The number of amides is 1. The molecular weight excluding hydrogens is 667 g/mol. The number of aromatic nitrogens is 5. The van der Waals surface area contributed by atoms with Gasteiger partial charge in [0.05, 0.1) is 48.7 Å². The van der Waals surface area contributed by atoms with Gasteiger partial charge in [0.1, 0.15) is 17.0 Å². The maximum atomic E-state index is 14.2. The summed E-state index contributed by atoms with van der Waals surface area (Å²) in [4.78, 5) is 47.5. The second-order valence-electron chi connectivity index (χ2n) is 13.3. The summed E-state index contributed by atoms with van der Waals surface area (Å²) >= 11 is 0. The van der Waals surface area contributed by atoms with Crippen LogP contribution in [0.1, 0.15) is 86.0 Å². The molecule has 1 amide bonds. The molecule has 6 rings (SSSR count). The zero-order chi connectivity index (χ0) is 36.2. The van der Waals surface area contributed by atoms with E-state index in [1.165, 1.54) is 18.5 Å². The van der Waals surface area contributed by atoms with E-state index >= 15 is 0 Å². The summed E-state index contributed by atoms with van der Waals surface area (Å²) in [6.45, 7) is 3.56. The van der Waals surface area contributed by atoms with Crippen molar-refractivity contribution in [2.24, 2.45) is 5.41 Å². The average Bonchev–Trinajstić information content (AvgIpc) is 3.72. The molecule has 4 aromatic heterocycles. The molecule has 0 spiro atoms. The lowest BCUT2D eigenvalue weighted by molar-refractivity contribution is -0.143. The van der Waals surface area contributed by atoms with Crippen LogP contribution >= 0.6 is 0 Å². The first-order chi connectivity index (χ1) is 24.5. The molecule has 2 saturated carbocycles. The maximum Gasteiger partial charge on any atom is 0.418 e. The van der Waals surface area contributed by atoms with Gasteiger partial charge in [0.15, 0.2) is 5.65 Å². The molecule has 15 heteroatoms. The van der Waals surface area contributed by atoms with Crippen LogP contribution in [0.5, 0.6) is 5.75 Å². The smallest absolute Gasteiger partial charge is 0.418 e. The van der Waals surface area contributed by atoms with Crippen LogP contribution in [-0.4, -0.2) is 77.3 Å². The molecule has 2 aliphatic rings. The molecule has 2 N–H and O–H groups in total. The summed E-state index contributed by atoms with van der Waals surface area (Å²) in [6.07, 6.45) is 4.52. The first kappa shape index (κ1) is 36.0. The van der Waals surface area contributed by atoms with E-state index in [1.54, 1.807) is 26.2 Å². The molecule has 12 nitrogen and oxygen atoms in total. The molecule has 0 saturated heterocycles. The molecule has 0 aromatic carbocycles. The molecule has 0 aliphatic heterocycles. The van der Waals surface area contributed by atoms with Crippen LogP contribution in [0.4, 0.5) is 24.8 Å². The largest absolute Gasteiger partial charge is 0.492 e. The van der Waals surface area contributed by atoms with Crippen molar-refractivity contribution in [2.75, 3.05) is 50.7 Å². The summed E-state index contributed by atoms with van der Waals surface area (Å²) < 4.78 is 58.7. The minimum atomic E-state index is -4.56. The number of carbonyl (C=O) groups is 2. The zero-order valence-corrected chi connectivity index (χ0v) is 28.9. The fraction of sp³-hybridized carbons (Fsp3) is 0.500. The molecule has 0 bridgehead atoms. The molecule has 4 aromatic rings. The van der Waals surface area contributed by atoms with Gasteiger partial charge in [-0.15, -0.1) is 0 Å². The van der Waals surface area contributed by atoms with Crippen LogP contribution in [0, 0.1) is 5.41 Å². The fourth-order valence-corrected chi connectivity index (χ4v) is 6.78. The number of ether oxygens (including phenoxy) is 3. The van der Waals surface area contributed by atoms with Gasteiger partial charge in [-0.1, -0.05) is 12.8 Å². The van der Waals surface area contributed by atoms with E-state index in [-0.39, 0.29) is 64.6 Å². The van der Waals surface area contributed by atoms with Crippen LogP contribution in [-0.2, 0) is 20.4 Å². The Morgan fingerprint density at radius 3 is 2.55 bits per heavy atom. The number of H-pyrrole nitrogens is 1. The number of halogens is 3. The standard InChI is InChI=1S/C36H42F3N7O5/c1-4-50-29(47)8-7-15-51-24-11-12-26(40-19-24)33(48)45-34-43-31-28(46(2)20-35(21-49-3)13-5-6-14-35)17-27(42-32(31)44-34)23-16-25(36(37,38)39)30(41-18-23)22-9-10-22/h11-12,16-19,22H,4-10,13-15,20-21H2,1-3H3,(H2,42,43,44,45,48). The highest BCUT2D eigenvalue weighted by Crippen LogP contribution is 2.46. The summed E-state index contributed by atoms with van der Waals surface area (Å²) in [5.41, 5.74) is 1.22. The summed E-state index contributed by atoms with van der Waals surface area (Å²) in [5, 5.41) is 2.73. The molecule has 2 fully saturated rings. The van der Waals surface area contributed by atoms with Crippen LogP contribution in [0.2, 0.25) is 0 Å². The number of methoxy groups -OCH3 is 1. The van der Waals surface area contributed by atoms with E-state index in [1.807, 2.05) is 11.9 Å². The van der Waals surface area contributed by atoms with Crippen LogP contribution in [0.15, 0.2) is 36.7 Å². The van der Waals surface area contributed by atoms with E-state index in [2.05, 4.69) is 30.2 Å². The van der Waals surface area contributed by atoms with Crippen molar-refractivity contribution in [3.05, 3.63) is 53.6 Å². The predicted molar refractivity (Wildman–Crippen MR) is 184 cm³/mol. The zero-order valence-electron chi connectivity index (χ0n) is 28.9.